The Morgan fingerprint density at radius 3 is 2.59 bits per heavy atom. The predicted octanol–water partition coefficient (Wildman–Crippen LogP) is 1.83. The highest BCUT2D eigenvalue weighted by Crippen LogP contribution is 2.32. The van der Waals surface area contributed by atoms with E-state index in [0.29, 0.717) is 22.4 Å². The van der Waals surface area contributed by atoms with E-state index < -0.39 is 22.8 Å². The van der Waals surface area contributed by atoms with Crippen LogP contribution in [0.4, 0.5) is 0 Å². The molecule has 2 heterocycles. The van der Waals surface area contributed by atoms with Crippen LogP contribution in [0.3, 0.4) is 0 Å². The fourth-order valence-electron chi connectivity index (χ4n) is 3.07. The second-order valence-electron chi connectivity index (χ2n) is 6.40. The van der Waals surface area contributed by atoms with Gasteiger partial charge in [0, 0.05) is 18.0 Å². The van der Waals surface area contributed by atoms with Gasteiger partial charge in [-0.15, -0.1) is 0 Å². The van der Waals surface area contributed by atoms with Crippen LogP contribution in [0.1, 0.15) is 28.7 Å². The van der Waals surface area contributed by atoms with Gasteiger partial charge in [-0.05, 0) is 38.5 Å². The van der Waals surface area contributed by atoms with Gasteiger partial charge in [0.1, 0.15) is 22.9 Å². The maximum atomic E-state index is 12.6. The Kier molecular flexibility index (Phi) is 4.57. The zero-order valence-corrected chi connectivity index (χ0v) is 15.4. The highest BCUT2D eigenvalue weighted by Gasteiger charge is 2.22. The van der Waals surface area contributed by atoms with Crippen LogP contribution in [0.25, 0.3) is 22.0 Å². The minimum absolute atomic E-state index is 0.218. The van der Waals surface area contributed by atoms with Crippen molar-refractivity contribution in [3.63, 3.8) is 0 Å². The van der Waals surface area contributed by atoms with Crippen LogP contribution in [-0.2, 0) is 11.8 Å². The lowest BCUT2D eigenvalue weighted by Crippen LogP contribution is -2.34. The first kappa shape index (κ1) is 18.4. The van der Waals surface area contributed by atoms with E-state index >= 15 is 0 Å². The quantitative estimate of drug-likeness (QED) is 0.725. The van der Waals surface area contributed by atoms with Crippen molar-refractivity contribution in [1.82, 2.24) is 15.0 Å². The number of nitrogens with one attached hydrogen (secondary N) is 1. The Hall–Kier alpha value is -3.42. The largest absolute Gasteiger partial charge is 0.506 e. The number of hydrogen-bond acceptors (Lipinski definition) is 6. The lowest BCUT2D eigenvalue weighted by molar-refractivity contribution is -0.116. The molecule has 0 radical (unpaired) electrons. The normalized spacial score (nSPS) is 11.0. The lowest BCUT2D eigenvalue weighted by atomic mass is 10.0. The number of amides is 1. The standard InChI is InChI=1S/C19H19N3O5/c1-9(23)8-20-18(25)16-17(24)13-6-5-12(7-14(13)22(4)19(16)26)15-10(2)21-27-11(15)3/h5-7,24H,8H2,1-4H3,(H,20,25). The third-order valence-electron chi connectivity index (χ3n) is 4.42. The summed E-state index contributed by atoms with van der Waals surface area (Å²) >= 11 is 0. The number of ketones is 1. The molecule has 8 heteroatoms. The summed E-state index contributed by atoms with van der Waals surface area (Å²) in [6, 6.07) is 5.13. The van der Waals surface area contributed by atoms with Crippen LogP contribution in [0.2, 0.25) is 0 Å². The van der Waals surface area contributed by atoms with Gasteiger partial charge in [0.15, 0.2) is 0 Å². The van der Waals surface area contributed by atoms with Gasteiger partial charge in [0.25, 0.3) is 11.5 Å². The van der Waals surface area contributed by atoms with E-state index in [-0.39, 0.29) is 12.3 Å². The lowest BCUT2D eigenvalue weighted by Gasteiger charge is -2.13. The second-order valence-corrected chi connectivity index (χ2v) is 6.40. The molecule has 8 nitrogen and oxygen atoms in total. The molecule has 0 aliphatic rings. The van der Waals surface area contributed by atoms with E-state index in [1.165, 1.54) is 18.5 Å². The van der Waals surface area contributed by atoms with Gasteiger partial charge < -0.3 is 19.5 Å². The maximum Gasteiger partial charge on any atom is 0.267 e. The van der Waals surface area contributed by atoms with Crippen LogP contribution >= 0.6 is 0 Å². The summed E-state index contributed by atoms with van der Waals surface area (Å²) in [6.07, 6.45) is 0. The van der Waals surface area contributed by atoms with Gasteiger partial charge in [-0.1, -0.05) is 11.2 Å². The number of aromatic nitrogens is 2. The van der Waals surface area contributed by atoms with Crippen LogP contribution in [-0.4, -0.2) is 33.1 Å². The predicted molar refractivity (Wildman–Crippen MR) is 98.8 cm³/mol. The molecule has 3 aromatic rings. The molecule has 0 bridgehead atoms. The average molecular weight is 369 g/mol. The van der Waals surface area contributed by atoms with E-state index in [2.05, 4.69) is 10.5 Å². The molecule has 1 amide bonds. The first-order valence-corrected chi connectivity index (χ1v) is 8.29. The van der Waals surface area contributed by atoms with Crippen molar-refractivity contribution in [2.24, 2.45) is 7.05 Å². The van der Waals surface area contributed by atoms with Gasteiger partial charge in [0.2, 0.25) is 0 Å². The number of carbonyl (C=O) groups excluding carboxylic acids is 2. The number of carbonyl (C=O) groups is 2. The number of Topliss-reactive ketones (excluding diaryl/α,β-unsaturated/α-hetero) is 1. The monoisotopic (exact) mass is 369 g/mol. The molecule has 0 spiro atoms. The van der Waals surface area contributed by atoms with Crippen LogP contribution in [0.15, 0.2) is 27.5 Å². The zero-order valence-electron chi connectivity index (χ0n) is 15.4. The molecule has 0 saturated heterocycles. The fourth-order valence-corrected chi connectivity index (χ4v) is 3.07. The Morgan fingerprint density at radius 1 is 1.30 bits per heavy atom. The summed E-state index contributed by atoms with van der Waals surface area (Å²) in [5.41, 5.74) is 1.71. The molecule has 140 valence electrons. The van der Waals surface area contributed by atoms with Crippen molar-refractivity contribution in [3.05, 3.63) is 45.6 Å². The molecular weight excluding hydrogens is 350 g/mol. The van der Waals surface area contributed by atoms with Gasteiger partial charge in [-0.25, -0.2) is 0 Å². The molecule has 0 aliphatic heterocycles. The van der Waals surface area contributed by atoms with E-state index in [9.17, 15) is 19.5 Å². The summed E-state index contributed by atoms with van der Waals surface area (Å²) in [6.45, 7) is 4.70. The van der Waals surface area contributed by atoms with Crippen LogP contribution < -0.4 is 10.9 Å². The molecule has 2 N–H and O–H groups in total. The maximum absolute atomic E-state index is 12.6. The molecule has 0 unspecified atom stereocenters. The minimum Gasteiger partial charge on any atom is -0.506 e. The molecule has 0 atom stereocenters. The number of fused-ring (bicyclic) bond motifs is 1. The molecule has 0 saturated carbocycles. The number of hydrogen-bond donors (Lipinski definition) is 2. The smallest absolute Gasteiger partial charge is 0.267 e. The van der Waals surface area contributed by atoms with Gasteiger partial charge in [-0.3, -0.25) is 14.4 Å². The summed E-state index contributed by atoms with van der Waals surface area (Å²) in [7, 11) is 1.52. The van der Waals surface area contributed by atoms with Gasteiger partial charge in [-0.2, -0.15) is 0 Å². The number of aromatic hydroxyl groups is 1. The number of nitrogens with zero attached hydrogens (tertiary/aromatic N) is 2. The Balaban J connectivity index is 2.19. The van der Waals surface area contributed by atoms with Crippen molar-refractivity contribution in [2.75, 3.05) is 6.54 Å². The summed E-state index contributed by atoms with van der Waals surface area (Å²) in [4.78, 5) is 36.0. The minimum atomic E-state index is -0.792. The molecule has 3 rings (SSSR count). The third kappa shape index (κ3) is 3.10. The van der Waals surface area contributed by atoms with Crippen molar-refractivity contribution in [2.45, 2.75) is 20.8 Å². The molecular formula is C19H19N3O5. The molecule has 0 fully saturated rings. The second kappa shape index (κ2) is 6.71. The summed E-state index contributed by atoms with van der Waals surface area (Å²) in [5, 5.41) is 17.1. The van der Waals surface area contributed by atoms with Crippen LogP contribution in [0.5, 0.6) is 5.75 Å². The number of benzene rings is 1. The van der Waals surface area contributed by atoms with Crippen molar-refractivity contribution in [1.29, 1.82) is 0 Å². The number of rotatable bonds is 4. The summed E-state index contributed by atoms with van der Waals surface area (Å²) < 4.78 is 6.48. The zero-order chi connectivity index (χ0) is 19.9. The highest BCUT2D eigenvalue weighted by atomic mass is 16.5. The number of aryl methyl sites for hydroxylation is 3. The Morgan fingerprint density at radius 2 is 2.00 bits per heavy atom. The molecule has 2 aromatic heterocycles. The Bertz CT molecular complexity index is 1120. The SMILES string of the molecule is CC(=O)CNC(=O)c1c(O)c2ccc(-c3c(C)noc3C)cc2n(C)c1=O. The molecule has 27 heavy (non-hydrogen) atoms. The van der Waals surface area contributed by atoms with E-state index in [1.54, 1.807) is 25.1 Å². The highest BCUT2D eigenvalue weighted by molar-refractivity contribution is 6.03. The van der Waals surface area contributed by atoms with E-state index in [4.69, 9.17) is 4.52 Å². The summed E-state index contributed by atoms with van der Waals surface area (Å²) in [5.74, 6) is -0.828. The average Bonchev–Trinajstić information content (AvgIpc) is 2.96. The van der Waals surface area contributed by atoms with Crippen molar-refractivity contribution in [3.8, 4) is 16.9 Å². The van der Waals surface area contributed by atoms with Gasteiger partial charge in [0.05, 0.1) is 17.8 Å². The first-order chi connectivity index (χ1) is 12.7. The Labute approximate surface area is 154 Å². The van der Waals surface area contributed by atoms with Crippen molar-refractivity contribution < 1.29 is 19.2 Å². The van der Waals surface area contributed by atoms with Gasteiger partial charge >= 0.3 is 0 Å². The molecule has 1 aromatic carbocycles. The topological polar surface area (TPSA) is 114 Å². The van der Waals surface area contributed by atoms with Crippen LogP contribution in [0, 0.1) is 13.8 Å². The fraction of sp³-hybridized carbons (Fsp3) is 0.263. The first-order valence-electron chi connectivity index (χ1n) is 8.29. The van der Waals surface area contributed by atoms with E-state index in [1.807, 2.05) is 6.92 Å². The molecule has 0 aliphatic carbocycles. The number of pyridine rings is 1. The van der Waals surface area contributed by atoms with Crippen molar-refractivity contribution >= 4 is 22.6 Å². The van der Waals surface area contributed by atoms with E-state index in [0.717, 1.165) is 11.1 Å². The third-order valence-corrected chi connectivity index (χ3v) is 4.42.